The zero-order chi connectivity index (χ0) is 22.3. The van der Waals surface area contributed by atoms with Crippen LogP contribution in [0.4, 0.5) is 17.1 Å². The van der Waals surface area contributed by atoms with Crippen LogP contribution in [-0.2, 0) is 0 Å². The largest absolute Gasteiger partial charge is 0.378 e. The first-order valence-electron chi connectivity index (χ1n) is 10.5. The molecular weight excluding hydrogens is 394 g/mol. The van der Waals surface area contributed by atoms with E-state index in [-0.39, 0.29) is 5.91 Å². The number of anilines is 2. The van der Waals surface area contributed by atoms with E-state index in [1.54, 1.807) is 4.90 Å². The summed E-state index contributed by atoms with van der Waals surface area (Å²) in [5, 5.41) is 0. The van der Waals surface area contributed by atoms with Crippen LogP contribution in [0.3, 0.4) is 0 Å². The molecule has 158 valence electrons. The van der Waals surface area contributed by atoms with Crippen molar-refractivity contribution in [2.75, 3.05) is 23.9 Å². The third kappa shape index (κ3) is 4.76. The molecule has 0 spiro atoms. The summed E-state index contributed by atoms with van der Waals surface area (Å²) in [6.07, 6.45) is 0. The van der Waals surface area contributed by atoms with Gasteiger partial charge >= 0.3 is 0 Å². The Kier molecular flexibility index (Phi) is 6.42. The smallest absolute Gasteiger partial charge is 0.264 e. The monoisotopic (exact) mass is 419 g/mol. The van der Waals surface area contributed by atoms with E-state index in [0.29, 0.717) is 11.4 Å². The highest BCUT2D eigenvalue weighted by Crippen LogP contribution is 2.24. The van der Waals surface area contributed by atoms with Crippen LogP contribution < -0.4 is 9.80 Å². The SMILES string of the molecule is CN(C)c1ccc(C(=O)N(C(=Nc2ccccc2)c2ccccc2)c2ccccc2)cc1. The van der Waals surface area contributed by atoms with Gasteiger partial charge in [-0.2, -0.15) is 0 Å². The van der Waals surface area contributed by atoms with Crippen LogP contribution >= 0.6 is 0 Å². The van der Waals surface area contributed by atoms with E-state index in [0.717, 1.165) is 22.6 Å². The molecule has 4 aromatic rings. The van der Waals surface area contributed by atoms with Crippen LogP contribution in [0.25, 0.3) is 0 Å². The number of benzene rings is 4. The fraction of sp³-hybridized carbons (Fsp3) is 0.0714. The summed E-state index contributed by atoms with van der Waals surface area (Å²) in [5.41, 5.74) is 4.03. The molecular formula is C28H25N3O. The Hall–Kier alpha value is -4.18. The van der Waals surface area contributed by atoms with Crippen LogP contribution in [0.2, 0.25) is 0 Å². The van der Waals surface area contributed by atoms with Gasteiger partial charge in [0.2, 0.25) is 0 Å². The number of carbonyl (C=O) groups excluding carboxylic acids is 1. The van der Waals surface area contributed by atoms with Gasteiger partial charge in [0, 0.05) is 30.9 Å². The molecule has 32 heavy (non-hydrogen) atoms. The van der Waals surface area contributed by atoms with Gasteiger partial charge in [-0.05, 0) is 48.5 Å². The van der Waals surface area contributed by atoms with Crippen molar-refractivity contribution >= 4 is 28.8 Å². The molecule has 0 fully saturated rings. The molecule has 0 saturated heterocycles. The Morgan fingerprint density at radius 3 is 1.69 bits per heavy atom. The second-order valence-corrected chi connectivity index (χ2v) is 7.55. The number of nitrogens with zero attached hydrogens (tertiary/aromatic N) is 3. The Morgan fingerprint density at radius 1 is 0.594 bits per heavy atom. The summed E-state index contributed by atoms with van der Waals surface area (Å²) in [4.78, 5) is 22.5. The van der Waals surface area contributed by atoms with Gasteiger partial charge in [0.25, 0.3) is 5.91 Å². The Morgan fingerprint density at radius 2 is 1.12 bits per heavy atom. The number of rotatable bonds is 5. The quantitative estimate of drug-likeness (QED) is 0.286. The molecule has 0 atom stereocenters. The van der Waals surface area contributed by atoms with Gasteiger partial charge in [0.1, 0.15) is 5.84 Å². The Bertz CT molecular complexity index is 1190. The van der Waals surface area contributed by atoms with E-state index >= 15 is 0 Å². The van der Waals surface area contributed by atoms with Crippen LogP contribution in [0, 0.1) is 0 Å². The minimum Gasteiger partial charge on any atom is -0.378 e. The third-order valence-corrected chi connectivity index (χ3v) is 5.08. The fourth-order valence-electron chi connectivity index (χ4n) is 3.40. The number of aliphatic imine (C=N–C) groups is 1. The molecule has 0 saturated carbocycles. The van der Waals surface area contributed by atoms with Gasteiger partial charge in [0.15, 0.2) is 0 Å². The maximum Gasteiger partial charge on any atom is 0.264 e. The van der Waals surface area contributed by atoms with Gasteiger partial charge in [-0.15, -0.1) is 0 Å². The number of hydrogen-bond donors (Lipinski definition) is 0. The highest BCUT2D eigenvalue weighted by Gasteiger charge is 2.24. The maximum atomic E-state index is 13.9. The normalized spacial score (nSPS) is 11.1. The average molecular weight is 420 g/mol. The van der Waals surface area contributed by atoms with Gasteiger partial charge in [0.05, 0.1) is 11.4 Å². The highest BCUT2D eigenvalue weighted by molar-refractivity contribution is 6.28. The molecule has 4 aromatic carbocycles. The van der Waals surface area contributed by atoms with Crippen molar-refractivity contribution in [2.45, 2.75) is 0 Å². The second kappa shape index (κ2) is 9.75. The maximum absolute atomic E-state index is 13.9. The lowest BCUT2D eigenvalue weighted by Gasteiger charge is -2.25. The van der Waals surface area contributed by atoms with Crippen LogP contribution in [0.1, 0.15) is 15.9 Å². The first-order chi connectivity index (χ1) is 15.6. The van der Waals surface area contributed by atoms with Crippen molar-refractivity contribution in [3.63, 3.8) is 0 Å². The predicted octanol–water partition coefficient (Wildman–Crippen LogP) is 6.18. The molecule has 0 N–H and O–H groups in total. The van der Waals surface area contributed by atoms with Gasteiger partial charge in [-0.25, -0.2) is 4.99 Å². The van der Waals surface area contributed by atoms with Crippen molar-refractivity contribution in [3.8, 4) is 0 Å². The van der Waals surface area contributed by atoms with Crippen LogP contribution in [-0.4, -0.2) is 25.8 Å². The van der Waals surface area contributed by atoms with E-state index < -0.39 is 0 Å². The number of carbonyl (C=O) groups is 1. The molecule has 4 heteroatoms. The topological polar surface area (TPSA) is 35.9 Å². The first-order valence-corrected chi connectivity index (χ1v) is 10.5. The lowest BCUT2D eigenvalue weighted by atomic mass is 10.1. The van der Waals surface area contributed by atoms with Crippen LogP contribution in [0.5, 0.6) is 0 Å². The highest BCUT2D eigenvalue weighted by atomic mass is 16.2. The van der Waals surface area contributed by atoms with E-state index in [1.165, 1.54) is 0 Å². The lowest BCUT2D eigenvalue weighted by molar-refractivity contribution is 0.100. The van der Waals surface area contributed by atoms with Crippen LogP contribution in [0.15, 0.2) is 120 Å². The van der Waals surface area contributed by atoms with Crippen molar-refractivity contribution < 1.29 is 4.79 Å². The minimum atomic E-state index is -0.139. The molecule has 0 aliphatic rings. The zero-order valence-corrected chi connectivity index (χ0v) is 18.2. The molecule has 0 aliphatic carbocycles. The summed E-state index contributed by atoms with van der Waals surface area (Å²) >= 11 is 0. The number of amidine groups is 1. The molecule has 0 aliphatic heterocycles. The third-order valence-electron chi connectivity index (χ3n) is 5.08. The standard InChI is InChI=1S/C28H25N3O/c1-30(2)25-20-18-23(19-21-25)28(32)31(26-16-10-5-11-17-26)27(22-12-6-3-7-13-22)29-24-14-8-4-9-15-24/h3-21H,1-2H3. The molecule has 0 radical (unpaired) electrons. The molecule has 1 amide bonds. The Labute approximate surface area is 189 Å². The summed E-state index contributed by atoms with van der Waals surface area (Å²) < 4.78 is 0. The van der Waals surface area contributed by atoms with Crippen molar-refractivity contribution in [2.24, 2.45) is 4.99 Å². The minimum absolute atomic E-state index is 0.139. The fourth-order valence-corrected chi connectivity index (χ4v) is 3.40. The zero-order valence-electron chi connectivity index (χ0n) is 18.2. The molecule has 0 heterocycles. The molecule has 0 unspecified atom stereocenters. The lowest BCUT2D eigenvalue weighted by Crippen LogP contribution is -2.37. The van der Waals surface area contributed by atoms with Gasteiger partial charge < -0.3 is 4.90 Å². The average Bonchev–Trinajstić information content (AvgIpc) is 2.85. The molecule has 0 bridgehead atoms. The van der Waals surface area contributed by atoms with E-state index in [2.05, 4.69) is 0 Å². The molecule has 4 nitrogen and oxygen atoms in total. The molecule has 4 rings (SSSR count). The first kappa shape index (κ1) is 21.1. The van der Waals surface area contributed by atoms with Gasteiger partial charge in [-0.3, -0.25) is 9.69 Å². The summed E-state index contributed by atoms with van der Waals surface area (Å²) in [6.45, 7) is 0. The van der Waals surface area contributed by atoms with Crippen molar-refractivity contribution in [3.05, 3.63) is 126 Å². The summed E-state index contributed by atoms with van der Waals surface area (Å²) in [7, 11) is 3.96. The van der Waals surface area contributed by atoms with Crippen molar-refractivity contribution in [1.29, 1.82) is 0 Å². The summed E-state index contributed by atoms with van der Waals surface area (Å²) in [6, 6.07) is 36.8. The molecule has 0 aromatic heterocycles. The number of hydrogen-bond acceptors (Lipinski definition) is 3. The number of para-hydroxylation sites is 2. The Balaban J connectivity index is 1.87. The number of amides is 1. The van der Waals surface area contributed by atoms with E-state index in [1.807, 2.05) is 134 Å². The van der Waals surface area contributed by atoms with E-state index in [4.69, 9.17) is 4.99 Å². The summed E-state index contributed by atoms with van der Waals surface area (Å²) in [5.74, 6) is 0.435. The second-order valence-electron chi connectivity index (χ2n) is 7.55. The van der Waals surface area contributed by atoms with Gasteiger partial charge in [-0.1, -0.05) is 66.7 Å². The van der Waals surface area contributed by atoms with Crippen molar-refractivity contribution in [1.82, 2.24) is 0 Å². The van der Waals surface area contributed by atoms with E-state index in [9.17, 15) is 4.79 Å². The predicted molar refractivity (Wildman–Crippen MR) is 133 cm³/mol.